The molecule has 1 N–H and O–H groups in total. The number of fused-ring (bicyclic) bond motifs is 1. The summed E-state index contributed by atoms with van der Waals surface area (Å²) in [4.78, 5) is 7.77. The van der Waals surface area contributed by atoms with Crippen molar-refractivity contribution in [3.05, 3.63) is 23.8 Å². The third kappa shape index (κ3) is 2.02. The molecule has 0 saturated heterocycles. The molecule has 0 saturated carbocycles. The zero-order valence-corrected chi connectivity index (χ0v) is 10.4. The monoisotopic (exact) mass is 220 g/mol. The quantitative estimate of drug-likeness (QED) is 0.744. The zero-order valence-electron chi connectivity index (χ0n) is 9.59. The van der Waals surface area contributed by atoms with Gasteiger partial charge in [-0.1, -0.05) is 38.6 Å². The van der Waals surface area contributed by atoms with Gasteiger partial charge in [-0.15, -0.1) is 0 Å². The molecule has 0 bridgehead atoms. The SMILES string of the molecule is CSc1nc2ccc(C(C)(C)C)cc2[nH]1. The number of nitrogens with zero attached hydrogens (tertiary/aromatic N) is 1. The molecule has 0 unspecified atom stereocenters. The molecule has 80 valence electrons. The average molecular weight is 220 g/mol. The Labute approximate surface area is 94.5 Å². The lowest BCUT2D eigenvalue weighted by Gasteiger charge is -2.18. The van der Waals surface area contributed by atoms with Crippen molar-refractivity contribution in [1.82, 2.24) is 9.97 Å². The average Bonchev–Trinajstić information content (AvgIpc) is 2.57. The van der Waals surface area contributed by atoms with E-state index in [2.05, 4.69) is 48.9 Å². The number of imidazole rings is 1. The summed E-state index contributed by atoms with van der Waals surface area (Å²) in [6.45, 7) is 6.67. The van der Waals surface area contributed by atoms with Gasteiger partial charge in [0.1, 0.15) is 0 Å². The van der Waals surface area contributed by atoms with Gasteiger partial charge in [-0.05, 0) is 29.4 Å². The van der Waals surface area contributed by atoms with Gasteiger partial charge >= 0.3 is 0 Å². The van der Waals surface area contributed by atoms with Crippen LogP contribution in [0.4, 0.5) is 0 Å². The summed E-state index contributed by atoms with van der Waals surface area (Å²) in [6.07, 6.45) is 2.03. The van der Waals surface area contributed by atoms with Crippen LogP contribution in [0, 0.1) is 0 Å². The minimum atomic E-state index is 0.193. The van der Waals surface area contributed by atoms with E-state index in [1.807, 2.05) is 6.26 Å². The molecule has 1 aromatic carbocycles. The number of thioether (sulfide) groups is 1. The summed E-state index contributed by atoms with van der Waals surface area (Å²) in [6, 6.07) is 6.45. The van der Waals surface area contributed by atoms with Crippen LogP contribution in [0.3, 0.4) is 0 Å². The van der Waals surface area contributed by atoms with E-state index in [1.165, 1.54) is 5.56 Å². The number of H-pyrrole nitrogens is 1. The minimum Gasteiger partial charge on any atom is -0.333 e. The number of hydrogen-bond donors (Lipinski definition) is 1. The van der Waals surface area contributed by atoms with Crippen molar-refractivity contribution >= 4 is 22.8 Å². The molecule has 0 fully saturated rings. The van der Waals surface area contributed by atoms with E-state index < -0.39 is 0 Å². The van der Waals surface area contributed by atoms with Crippen LogP contribution in [0.5, 0.6) is 0 Å². The standard InChI is InChI=1S/C12H16N2S/c1-12(2,3)8-5-6-9-10(7-8)14-11(13-9)15-4/h5-7H,1-4H3,(H,13,14). The molecule has 0 atom stereocenters. The van der Waals surface area contributed by atoms with Crippen molar-refractivity contribution in [2.75, 3.05) is 6.26 Å². The highest BCUT2D eigenvalue weighted by Gasteiger charge is 2.14. The van der Waals surface area contributed by atoms with Crippen LogP contribution in [-0.4, -0.2) is 16.2 Å². The first kappa shape index (κ1) is 10.6. The fourth-order valence-electron chi connectivity index (χ4n) is 1.55. The second-order valence-corrected chi connectivity index (χ2v) is 5.52. The smallest absolute Gasteiger partial charge is 0.166 e. The number of benzene rings is 1. The molecule has 2 nitrogen and oxygen atoms in total. The van der Waals surface area contributed by atoms with Crippen LogP contribution in [0.1, 0.15) is 26.3 Å². The van der Waals surface area contributed by atoms with Gasteiger partial charge in [0.2, 0.25) is 0 Å². The van der Waals surface area contributed by atoms with Gasteiger partial charge in [-0.2, -0.15) is 0 Å². The highest BCUT2D eigenvalue weighted by Crippen LogP contribution is 2.26. The Morgan fingerprint density at radius 3 is 2.60 bits per heavy atom. The fourth-order valence-corrected chi connectivity index (χ4v) is 1.95. The lowest BCUT2D eigenvalue weighted by molar-refractivity contribution is 0.591. The lowest BCUT2D eigenvalue weighted by Crippen LogP contribution is -2.10. The molecule has 2 aromatic rings. The third-order valence-corrected chi connectivity index (χ3v) is 3.10. The largest absolute Gasteiger partial charge is 0.333 e. The van der Waals surface area contributed by atoms with E-state index in [0.717, 1.165) is 16.2 Å². The van der Waals surface area contributed by atoms with Crippen LogP contribution < -0.4 is 0 Å². The number of rotatable bonds is 1. The first-order valence-electron chi connectivity index (χ1n) is 5.05. The van der Waals surface area contributed by atoms with Crippen molar-refractivity contribution in [2.24, 2.45) is 0 Å². The predicted molar refractivity (Wildman–Crippen MR) is 66.6 cm³/mol. The molecule has 1 aromatic heterocycles. The molecular formula is C12H16N2S. The topological polar surface area (TPSA) is 28.7 Å². The summed E-state index contributed by atoms with van der Waals surface area (Å²) in [5.41, 5.74) is 3.71. The minimum absolute atomic E-state index is 0.193. The first-order valence-corrected chi connectivity index (χ1v) is 6.27. The van der Waals surface area contributed by atoms with Gasteiger partial charge < -0.3 is 4.98 Å². The van der Waals surface area contributed by atoms with Gasteiger partial charge in [0, 0.05) is 0 Å². The fraction of sp³-hybridized carbons (Fsp3) is 0.417. The summed E-state index contributed by atoms with van der Waals surface area (Å²) < 4.78 is 0. The molecule has 0 aliphatic carbocycles. The molecule has 2 rings (SSSR count). The van der Waals surface area contributed by atoms with Crippen LogP contribution in [-0.2, 0) is 5.41 Å². The Morgan fingerprint density at radius 2 is 2.00 bits per heavy atom. The van der Waals surface area contributed by atoms with Gasteiger partial charge in [0.25, 0.3) is 0 Å². The zero-order chi connectivity index (χ0) is 11.1. The molecule has 0 aliphatic heterocycles. The molecule has 3 heteroatoms. The summed E-state index contributed by atoms with van der Waals surface area (Å²) in [5, 5.41) is 0.982. The Hall–Kier alpha value is -0.960. The Bertz CT molecular complexity index is 480. The molecule has 0 amide bonds. The molecular weight excluding hydrogens is 204 g/mol. The maximum Gasteiger partial charge on any atom is 0.166 e. The maximum absolute atomic E-state index is 4.46. The van der Waals surface area contributed by atoms with Crippen LogP contribution in [0.2, 0.25) is 0 Å². The molecule has 0 radical (unpaired) electrons. The van der Waals surface area contributed by atoms with Crippen molar-refractivity contribution in [1.29, 1.82) is 0 Å². The van der Waals surface area contributed by atoms with Crippen molar-refractivity contribution in [2.45, 2.75) is 31.3 Å². The van der Waals surface area contributed by atoms with E-state index in [0.29, 0.717) is 0 Å². The van der Waals surface area contributed by atoms with Crippen molar-refractivity contribution < 1.29 is 0 Å². The van der Waals surface area contributed by atoms with E-state index in [-0.39, 0.29) is 5.41 Å². The maximum atomic E-state index is 4.46. The second kappa shape index (κ2) is 3.56. The van der Waals surface area contributed by atoms with E-state index in [1.54, 1.807) is 11.8 Å². The number of hydrogen-bond acceptors (Lipinski definition) is 2. The highest BCUT2D eigenvalue weighted by atomic mass is 32.2. The lowest BCUT2D eigenvalue weighted by atomic mass is 9.87. The number of aromatic amines is 1. The molecule has 0 aliphatic rings. The van der Waals surface area contributed by atoms with E-state index >= 15 is 0 Å². The van der Waals surface area contributed by atoms with Crippen LogP contribution in [0.15, 0.2) is 23.4 Å². The summed E-state index contributed by atoms with van der Waals surface area (Å²) >= 11 is 1.64. The van der Waals surface area contributed by atoms with Gasteiger partial charge in [-0.25, -0.2) is 4.98 Å². The third-order valence-electron chi connectivity index (χ3n) is 2.52. The summed E-state index contributed by atoms with van der Waals surface area (Å²) in [5.74, 6) is 0. The Kier molecular flexibility index (Phi) is 2.51. The van der Waals surface area contributed by atoms with Crippen molar-refractivity contribution in [3.8, 4) is 0 Å². The molecule has 0 spiro atoms. The van der Waals surface area contributed by atoms with Crippen LogP contribution in [0.25, 0.3) is 11.0 Å². The Morgan fingerprint density at radius 1 is 1.27 bits per heavy atom. The van der Waals surface area contributed by atoms with E-state index in [4.69, 9.17) is 0 Å². The molecule has 15 heavy (non-hydrogen) atoms. The van der Waals surface area contributed by atoms with Gasteiger partial charge in [0.05, 0.1) is 11.0 Å². The number of aromatic nitrogens is 2. The normalized spacial score (nSPS) is 12.3. The van der Waals surface area contributed by atoms with Crippen molar-refractivity contribution in [3.63, 3.8) is 0 Å². The molecule has 1 heterocycles. The van der Waals surface area contributed by atoms with Crippen LogP contribution >= 0.6 is 11.8 Å². The van der Waals surface area contributed by atoms with Gasteiger partial charge in [-0.3, -0.25) is 0 Å². The first-order chi connectivity index (χ1) is 7.00. The highest BCUT2D eigenvalue weighted by molar-refractivity contribution is 7.98. The number of nitrogens with one attached hydrogen (secondary N) is 1. The second-order valence-electron chi connectivity index (χ2n) is 4.73. The predicted octanol–water partition coefficient (Wildman–Crippen LogP) is 3.58. The Balaban J connectivity index is 2.55. The van der Waals surface area contributed by atoms with E-state index in [9.17, 15) is 0 Å². The summed E-state index contributed by atoms with van der Waals surface area (Å²) in [7, 11) is 0. The van der Waals surface area contributed by atoms with Gasteiger partial charge in [0.15, 0.2) is 5.16 Å².